The minimum Gasteiger partial charge on any atom is -0.399 e. The van der Waals surface area contributed by atoms with E-state index in [1.54, 1.807) is 12.1 Å². The molecule has 0 spiro atoms. The summed E-state index contributed by atoms with van der Waals surface area (Å²) in [6.07, 6.45) is 1.06. The van der Waals surface area contributed by atoms with E-state index in [1.807, 2.05) is 17.0 Å². The number of hydrogen-bond donors (Lipinski definition) is 1. The number of ether oxygens (including phenoxy) is 1. The summed E-state index contributed by atoms with van der Waals surface area (Å²) in [5, 5.41) is 0. The molecule has 1 atom stereocenters. The molecule has 138 valence electrons. The Morgan fingerprint density at radius 3 is 2.67 bits per heavy atom. The second-order valence-electron chi connectivity index (χ2n) is 5.68. The lowest BCUT2D eigenvalue weighted by Gasteiger charge is -2.20. The summed E-state index contributed by atoms with van der Waals surface area (Å²) in [6, 6.07) is 7.15. The average Bonchev–Trinajstić information content (AvgIpc) is 2.99. The molecule has 1 saturated heterocycles. The number of benzene rings is 1. The molecule has 1 aliphatic heterocycles. The Morgan fingerprint density at radius 1 is 1.33 bits per heavy atom. The van der Waals surface area contributed by atoms with Gasteiger partial charge in [0.05, 0.1) is 12.7 Å². The van der Waals surface area contributed by atoms with Crippen LogP contribution in [0.25, 0.3) is 0 Å². The van der Waals surface area contributed by atoms with Crippen LogP contribution in [-0.4, -0.2) is 61.1 Å². The van der Waals surface area contributed by atoms with Crippen molar-refractivity contribution in [3.05, 3.63) is 29.8 Å². The van der Waals surface area contributed by atoms with Gasteiger partial charge in [0.15, 0.2) is 0 Å². The van der Waals surface area contributed by atoms with E-state index in [0.29, 0.717) is 17.8 Å². The number of halogens is 2. The molecule has 0 radical (unpaired) electrons. The first-order valence-electron chi connectivity index (χ1n) is 8.12. The number of carbonyl (C=O) groups is 1. The van der Waals surface area contributed by atoms with E-state index in [2.05, 4.69) is 18.7 Å². The molecule has 1 aliphatic rings. The lowest BCUT2D eigenvalue weighted by Crippen LogP contribution is -2.32. The summed E-state index contributed by atoms with van der Waals surface area (Å²) < 4.78 is 5.92. The predicted molar refractivity (Wildman–Crippen MR) is 103 cm³/mol. The van der Waals surface area contributed by atoms with Gasteiger partial charge in [-0.2, -0.15) is 0 Å². The van der Waals surface area contributed by atoms with E-state index in [1.165, 1.54) is 0 Å². The van der Waals surface area contributed by atoms with Gasteiger partial charge in [-0.15, -0.1) is 24.8 Å². The van der Waals surface area contributed by atoms with Crippen LogP contribution in [0.15, 0.2) is 24.3 Å². The Hall–Kier alpha value is -1.01. The smallest absolute Gasteiger partial charge is 0.254 e. The standard InChI is InChI=1S/C17H27N3O2.2ClH/c1-3-19(4-2)10-11-22-16-8-9-20(13-16)17(21)14-6-5-7-15(18)12-14;;/h5-7,12,16H,3-4,8-11,13,18H2,1-2H3;2*1H. The molecule has 1 aromatic carbocycles. The molecule has 7 heteroatoms. The Balaban J connectivity index is 0.00000264. The predicted octanol–water partition coefficient (Wildman–Crippen LogP) is 2.69. The highest BCUT2D eigenvalue weighted by molar-refractivity contribution is 5.95. The Kier molecular flexibility index (Phi) is 11.0. The maximum atomic E-state index is 12.4. The van der Waals surface area contributed by atoms with Crippen LogP contribution in [-0.2, 0) is 4.74 Å². The van der Waals surface area contributed by atoms with Gasteiger partial charge in [-0.3, -0.25) is 4.79 Å². The summed E-state index contributed by atoms with van der Waals surface area (Å²) in [5.74, 6) is 0.0437. The van der Waals surface area contributed by atoms with Gasteiger partial charge >= 0.3 is 0 Å². The van der Waals surface area contributed by atoms with Gasteiger partial charge < -0.3 is 20.3 Å². The molecule has 5 nitrogen and oxygen atoms in total. The van der Waals surface area contributed by atoms with Crippen molar-refractivity contribution in [1.82, 2.24) is 9.80 Å². The summed E-state index contributed by atoms with van der Waals surface area (Å²) in [7, 11) is 0. The Labute approximate surface area is 157 Å². The zero-order chi connectivity index (χ0) is 15.9. The number of nitrogens with two attached hydrogens (primary N) is 1. The lowest BCUT2D eigenvalue weighted by atomic mass is 10.2. The highest BCUT2D eigenvalue weighted by atomic mass is 35.5. The largest absolute Gasteiger partial charge is 0.399 e. The van der Waals surface area contributed by atoms with Gasteiger partial charge in [0.2, 0.25) is 0 Å². The van der Waals surface area contributed by atoms with E-state index in [9.17, 15) is 4.79 Å². The zero-order valence-electron chi connectivity index (χ0n) is 14.4. The van der Waals surface area contributed by atoms with Crippen molar-refractivity contribution in [3.8, 4) is 0 Å². The third-order valence-corrected chi connectivity index (χ3v) is 4.22. The van der Waals surface area contributed by atoms with E-state index < -0.39 is 0 Å². The highest BCUT2D eigenvalue weighted by Gasteiger charge is 2.27. The van der Waals surface area contributed by atoms with Crippen LogP contribution in [0.3, 0.4) is 0 Å². The molecule has 1 unspecified atom stereocenters. The van der Waals surface area contributed by atoms with Crippen LogP contribution in [0.5, 0.6) is 0 Å². The maximum Gasteiger partial charge on any atom is 0.254 e. The Morgan fingerprint density at radius 2 is 2.04 bits per heavy atom. The number of nitrogen functional groups attached to an aromatic ring is 1. The normalized spacial score (nSPS) is 16.6. The fourth-order valence-corrected chi connectivity index (χ4v) is 2.79. The molecule has 1 aromatic rings. The monoisotopic (exact) mass is 377 g/mol. The van der Waals surface area contributed by atoms with Crippen molar-refractivity contribution in [2.24, 2.45) is 0 Å². The molecule has 0 aliphatic carbocycles. The molecule has 2 N–H and O–H groups in total. The number of amides is 1. The van der Waals surface area contributed by atoms with Crippen LogP contribution in [0.1, 0.15) is 30.6 Å². The summed E-state index contributed by atoms with van der Waals surface area (Å²) in [4.78, 5) is 16.6. The average molecular weight is 378 g/mol. The van der Waals surface area contributed by atoms with Gasteiger partial charge in [-0.05, 0) is 37.7 Å². The fraction of sp³-hybridized carbons (Fsp3) is 0.588. The number of carbonyl (C=O) groups excluding carboxylic acids is 1. The highest BCUT2D eigenvalue weighted by Crippen LogP contribution is 2.17. The molecule has 0 saturated carbocycles. The van der Waals surface area contributed by atoms with Crippen molar-refractivity contribution in [1.29, 1.82) is 0 Å². The molecular formula is C17H29Cl2N3O2. The molecule has 1 amide bonds. The first-order chi connectivity index (χ1) is 10.6. The first kappa shape index (κ1) is 23.0. The minimum absolute atomic E-state index is 0. The van der Waals surface area contributed by atoms with Gasteiger partial charge in [-0.25, -0.2) is 0 Å². The number of nitrogens with zero attached hydrogens (tertiary/aromatic N) is 2. The Bertz CT molecular complexity index is 498. The SMILES string of the molecule is CCN(CC)CCOC1CCN(C(=O)c2cccc(N)c2)C1.Cl.Cl. The number of likely N-dealkylation sites (N-methyl/N-ethyl adjacent to an activating group) is 1. The van der Waals surface area contributed by atoms with Gasteiger partial charge in [0, 0.05) is 30.9 Å². The summed E-state index contributed by atoms with van der Waals surface area (Å²) in [6.45, 7) is 9.51. The van der Waals surface area contributed by atoms with Crippen molar-refractivity contribution < 1.29 is 9.53 Å². The fourth-order valence-electron chi connectivity index (χ4n) is 2.79. The minimum atomic E-state index is 0. The molecule has 1 fully saturated rings. The summed E-state index contributed by atoms with van der Waals surface area (Å²) >= 11 is 0. The summed E-state index contributed by atoms with van der Waals surface area (Å²) in [5.41, 5.74) is 7.02. The topological polar surface area (TPSA) is 58.8 Å². The van der Waals surface area contributed by atoms with Crippen LogP contribution >= 0.6 is 24.8 Å². The van der Waals surface area contributed by atoms with Crippen LogP contribution in [0.4, 0.5) is 5.69 Å². The van der Waals surface area contributed by atoms with Crippen LogP contribution in [0, 0.1) is 0 Å². The van der Waals surface area contributed by atoms with E-state index >= 15 is 0 Å². The van der Waals surface area contributed by atoms with Crippen molar-refractivity contribution in [3.63, 3.8) is 0 Å². The van der Waals surface area contributed by atoms with E-state index in [0.717, 1.165) is 39.2 Å². The van der Waals surface area contributed by atoms with Gasteiger partial charge in [-0.1, -0.05) is 19.9 Å². The van der Waals surface area contributed by atoms with Gasteiger partial charge in [0.1, 0.15) is 0 Å². The molecule has 2 rings (SSSR count). The van der Waals surface area contributed by atoms with Crippen molar-refractivity contribution in [2.45, 2.75) is 26.4 Å². The zero-order valence-corrected chi connectivity index (χ0v) is 16.1. The second kappa shape index (κ2) is 11.5. The maximum absolute atomic E-state index is 12.4. The third-order valence-electron chi connectivity index (χ3n) is 4.22. The van der Waals surface area contributed by atoms with Gasteiger partial charge in [0.25, 0.3) is 5.91 Å². The van der Waals surface area contributed by atoms with Crippen LogP contribution in [0.2, 0.25) is 0 Å². The molecule has 1 heterocycles. The second-order valence-corrected chi connectivity index (χ2v) is 5.68. The molecule has 0 bridgehead atoms. The van der Waals surface area contributed by atoms with E-state index in [4.69, 9.17) is 10.5 Å². The number of hydrogen-bond acceptors (Lipinski definition) is 4. The van der Waals surface area contributed by atoms with Crippen molar-refractivity contribution in [2.75, 3.05) is 45.1 Å². The lowest BCUT2D eigenvalue weighted by molar-refractivity contribution is 0.0420. The van der Waals surface area contributed by atoms with E-state index in [-0.39, 0.29) is 36.8 Å². The quantitative estimate of drug-likeness (QED) is 0.742. The molecule has 0 aromatic heterocycles. The van der Waals surface area contributed by atoms with Crippen LogP contribution < -0.4 is 5.73 Å². The molecule has 24 heavy (non-hydrogen) atoms. The third kappa shape index (κ3) is 6.48. The van der Waals surface area contributed by atoms with Crippen molar-refractivity contribution >= 4 is 36.4 Å². The number of likely N-dealkylation sites (tertiary alicyclic amines) is 1. The first-order valence-corrected chi connectivity index (χ1v) is 8.12. The number of rotatable bonds is 7. The number of anilines is 1. The molecular weight excluding hydrogens is 349 g/mol.